The van der Waals surface area contributed by atoms with Gasteiger partial charge in [0.25, 0.3) is 0 Å². The molecule has 1 N–H and O–H groups in total. The zero-order valence-electron chi connectivity index (χ0n) is 9.48. The minimum atomic E-state index is -1.02. The molecule has 0 aliphatic heterocycles. The lowest BCUT2D eigenvalue weighted by molar-refractivity contribution is -0.143. The molecule has 0 radical (unpaired) electrons. The molecular formula is C12H16FNO2. The molecule has 0 amide bonds. The molecule has 1 aromatic rings. The van der Waals surface area contributed by atoms with Gasteiger partial charge >= 0.3 is 5.97 Å². The molecule has 0 aromatic heterocycles. The van der Waals surface area contributed by atoms with Gasteiger partial charge in [-0.15, -0.1) is 0 Å². The molecule has 0 saturated carbocycles. The fourth-order valence-corrected chi connectivity index (χ4v) is 1.77. The third-order valence-corrected chi connectivity index (χ3v) is 2.61. The van der Waals surface area contributed by atoms with Crippen LogP contribution in [-0.4, -0.2) is 29.1 Å². The fourth-order valence-electron chi connectivity index (χ4n) is 1.77. The quantitative estimate of drug-likeness (QED) is 0.835. The number of benzene rings is 1. The number of carboxylic acids is 1. The largest absolute Gasteiger partial charge is 0.480 e. The Morgan fingerprint density at radius 3 is 2.38 bits per heavy atom. The number of hydrogen-bond acceptors (Lipinski definition) is 2. The van der Waals surface area contributed by atoms with E-state index in [4.69, 9.17) is 0 Å². The highest BCUT2D eigenvalue weighted by atomic mass is 19.1. The first-order chi connectivity index (χ1) is 7.61. The van der Waals surface area contributed by atoms with Crippen molar-refractivity contribution >= 4 is 5.97 Å². The van der Waals surface area contributed by atoms with Crippen LogP contribution in [0, 0.1) is 5.82 Å². The van der Waals surface area contributed by atoms with Crippen molar-refractivity contribution in [1.82, 2.24) is 4.90 Å². The molecule has 0 aliphatic carbocycles. The summed E-state index contributed by atoms with van der Waals surface area (Å²) in [6, 6.07) is 5.11. The molecule has 1 unspecified atom stereocenters. The molecule has 0 heterocycles. The first-order valence-corrected chi connectivity index (χ1v) is 5.33. The Morgan fingerprint density at radius 2 is 1.94 bits per heavy atom. The second kappa shape index (κ2) is 5.61. The van der Waals surface area contributed by atoms with Crippen molar-refractivity contribution in [3.63, 3.8) is 0 Å². The molecule has 0 bridgehead atoms. The van der Waals surface area contributed by atoms with Crippen LogP contribution in [0.15, 0.2) is 24.3 Å². The average Bonchev–Trinajstić information content (AvgIpc) is 2.27. The van der Waals surface area contributed by atoms with Crippen LogP contribution in [0.4, 0.5) is 4.39 Å². The maximum atomic E-state index is 13.5. The van der Waals surface area contributed by atoms with Gasteiger partial charge in [0.15, 0.2) is 0 Å². The van der Waals surface area contributed by atoms with Crippen molar-refractivity contribution in [2.75, 3.05) is 13.1 Å². The Kier molecular flexibility index (Phi) is 4.43. The Hall–Kier alpha value is -1.42. The highest BCUT2D eigenvalue weighted by Gasteiger charge is 2.27. The predicted octanol–water partition coefficient (Wildman–Crippen LogP) is 2.29. The molecule has 0 spiro atoms. The number of nitrogens with zero attached hydrogens (tertiary/aromatic N) is 1. The van der Waals surface area contributed by atoms with Crippen LogP contribution in [0.5, 0.6) is 0 Å². The number of rotatable bonds is 5. The monoisotopic (exact) mass is 225 g/mol. The van der Waals surface area contributed by atoms with Gasteiger partial charge in [0.1, 0.15) is 11.9 Å². The van der Waals surface area contributed by atoms with E-state index in [0.29, 0.717) is 13.1 Å². The Morgan fingerprint density at radius 1 is 1.38 bits per heavy atom. The molecular weight excluding hydrogens is 209 g/mol. The molecule has 1 aromatic carbocycles. The maximum absolute atomic E-state index is 13.5. The van der Waals surface area contributed by atoms with Crippen molar-refractivity contribution in [2.24, 2.45) is 0 Å². The van der Waals surface area contributed by atoms with E-state index in [1.54, 1.807) is 17.0 Å². The topological polar surface area (TPSA) is 40.5 Å². The van der Waals surface area contributed by atoms with E-state index in [1.807, 2.05) is 13.8 Å². The zero-order valence-corrected chi connectivity index (χ0v) is 9.48. The number of aliphatic carboxylic acids is 1. The van der Waals surface area contributed by atoms with Gasteiger partial charge in [-0.25, -0.2) is 4.39 Å². The summed E-state index contributed by atoms with van der Waals surface area (Å²) < 4.78 is 13.5. The summed E-state index contributed by atoms with van der Waals surface area (Å²) in [5.41, 5.74) is 0.221. The van der Waals surface area contributed by atoms with Gasteiger partial charge < -0.3 is 5.11 Å². The van der Waals surface area contributed by atoms with Crippen LogP contribution in [0.1, 0.15) is 25.5 Å². The number of carbonyl (C=O) groups is 1. The third-order valence-electron chi connectivity index (χ3n) is 2.61. The van der Waals surface area contributed by atoms with Crippen LogP contribution in [0.2, 0.25) is 0 Å². The lowest BCUT2D eigenvalue weighted by Gasteiger charge is -2.26. The zero-order chi connectivity index (χ0) is 12.1. The first kappa shape index (κ1) is 12.6. The molecule has 4 heteroatoms. The van der Waals surface area contributed by atoms with Crippen LogP contribution in [0.3, 0.4) is 0 Å². The van der Waals surface area contributed by atoms with E-state index in [0.717, 1.165) is 0 Å². The number of carboxylic acid groups (broad SMARTS) is 1. The van der Waals surface area contributed by atoms with Gasteiger partial charge in [-0.05, 0) is 19.2 Å². The van der Waals surface area contributed by atoms with Crippen molar-refractivity contribution in [1.29, 1.82) is 0 Å². The molecule has 0 aliphatic rings. The van der Waals surface area contributed by atoms with Gasteiger partial charge in [0.05, 0.1) is 0 Å². The van der Waals surface area contributed by atoms with Gasteiger partial charge in [0, 0.05) is 5.56 Å². The minimum absolute atomic E-state index is 0.221. The maximum Gasteiger partial charge on any atom is 0.325 e. The van der Waals surface area contributed by atoms with Crippen molar-refractivity contribution < 1.29 is 14.3 Å². The number of hydrogen-bond donors (Lipinski definition) is 1. The summed E-state index contributed by atoms with van der Waals surface area (Å²) in [6.45, 7) is 4.87. The summed E-state index contributed by atoms with van der Waals surface area (Å²) in [5, 5.41) is 9.18. The van der Waals surface area contributed by atoms with Crippen molar-refractivity contribution in [3.05, 3.63) is 35.6 Å². The Labute approximate surface area is 94.5 Å². The summed E-state index contributed by atoms with van der Waals surface area (Å²) in [6.07, 6.45) is 0. The highest BCUT2D eigenvalue weighted by Crippen LogP contribution is 2.23. The summed E-state index contributed by atoms with van der Waals surface area (Å²) in [5.74, 6) is -1.49. The predicted molar refractivity (Wildman–Crippen MR) is 59.7 cm³/mol. The van der Waals surface area contributed by atoms with Crippen LogP contribution >= 0.6 is 0 Å². The Balaban J connectivity index is 3.12. The van der Waals surface area contributed by atoms with Crippen molar-refractivity contribution in [3.8, 4) is 0 Å². The number of likely N-dealkylation sites (N-methyl/N-ethyl adjacent to an activating group) is 1. The van der Waals surface area contributed by atoms with Gasteiger partial charge in [-0.1, -0.05) is 32.0 Å². The molecule has 16 heavy (non-hydrogen) atoms. The van der Waals surface area contributed by atoms with E-state index in [2.05, 4.69) is 0 Å². The second-order valence-corrected chi connectivity index (χ2v) is 3.48. The highest BCUT2D eigenvalue weighted by molar-refractivity contribution is 5.75. The van der Waals surface area contributed by atoms with E-state index in [1.165, 1.54) is 12.1 Å². The fraction of sp³-hybridized carbons (Fsp3) is 0.417. The number of halogens is 1. The minimum Gasteiger partial charge on any atom is -0.480 e. The van der Waals surface area contributed by atoms with E-state index in [9.17, 15) is 14.3 Å². The van der Waals surface area contributed by atoms with Gasteiger partial charge in [0.2, 0.25) is 0 Å². The lowest BCUT2D eigenvalue weighted by atomic mass is 10.0. The molecule has 88 valence electrons. The molecule has 0 fully saturated rings. The third kappa shape index (κ3) is 2.58. The molecule has 3 nitrogen and oxygen atoms in total. The van der Waals surface area contributed by atoms with Crippen LogP contribution < -0.4 is 0 Å². The van der Waals surface area contributed by atoms with E-state index >= 15 is 0 Å². The molecule has 1 atom stereocenters. The van der Waals surface area contributed by atoms with Gasteiger partial charge in [-0.2, -0.15) is 0 Å². The smallest absolute Gasteiger partial charge is 0.325 e. The molecule has 0 saturated heterocycles. The summed E-state index contributed by atoms with van der Waals surface area (Å²) in [7, 11) is 0. The first-order valence-electron chi connectivity index (χ1n) is 5.33. The van der Waals surface area contributed by atoms with Crippen LogP contribution in [-0.2, 0) is 4.79 Å². The van der Waals surface area contributed by atoms with E-state index in [-0.39, 0.29) is 5.56 Å². The van der Waals surface area contributed by atoms with Crippen LogP contribution in [0.25, 0.3) is 0 Å². The Bertz CT molecular complexity index is 364. The lowest BCUT2D eigenvalue weighted by Crippen LogP contribution is -2.34. The summed E-state index contributed by atoms with van der Waals surface area (Å²) in [4.78, 5) is 12.9. The normalized spacial score (nSPS) is 12.8. The SMILES string of the molecule is CCN(CC)C(C(=O)O)c1ccccc1F. The molecule has 1 rings (SSSR count). The van der Waals surface area contributed by atoms with Gasteiger partial charge in [-0.3, -0.25) is 9.69 Å². The van der Waals surface area contributed by atoms with E-state index < -0.39 is 17.8 Å². The van der Waals surface area contributed by atoms with Crippen molar-refractivity contribution in [2.45, 2.75) is 19.9 Å². The average molecular weight is 225 g/mol. The second-order valence-electron chi connectivity index (χ2n) is 3.48. The summed E-state index contributed by atoms with van der Waals surface area (Å²) >= 11 is 0. The standard InChI is InChI=1S/C12H16FNO2/c1-3-14(4-2)11(12(15)16)9-7-5-6-8-10(9)13/h5-8,11H,3-4H2,1-2H3,(H,15,16).